The minimum atomic E-state index is -0.932. The first kappa shape index (κ1) is 22.0. The highest BCUT2D eigenvalue weighted by atomic mass is 35.5. The lowest BCUT2D eigenvalue weighted by Crippen LogP contribution is -2.26. The predicted molar refractivity (Wildman–Crippen MR) is 123 cm³/mol. The first-order valence-corrected chi connectivity index (χ1v) is 10.8. The molecule has 1 atom stereocenters. The van der Waals surface area contributed by atoms with Gasteiger partial charge in [-0.15, -0.1) is 0 Å². The van der Waals surface area contributed by atoms with Gasteiger partial charge in [0.2, 0.25) is 5.91 Å². The van der Waals surface area contributed by atoms with Crippen LogP contribution in [0.3, 0.4) is 0 Å². The van der Waals surface area contributed by atoms with Crippen LogP contribution in [-0.4, -0.2) is 20.7 Å². The number of rotatable bonds is 5. The number of anilines is 1. The van der Waals surface area contributed by atoms with E-state index in [1.54, 1.807) is 43.3 Å². The second-order valence-electron chi connectivity index (χ2n) is 6.91. The SMILES string of the molecule is CC(Sc1nc2ccc(Cl)cc2c(=O)n1-c1ccc(F)cc1F)C(=O)Nc1ccccc1. The van der Waals surface area contributed by atoms with Gasteiger partial charge in [-0.1, -0.05) is 41.6 Å². The van der Waals surface area contributed by atoms with Crippen molar-refractivity contribution in [3.8, 4) is 5.69 Å². The fraction of sp³-hybridized carbons (Fsp3) is 0.0870. The van der Waals surface area contributed by atoms with Gasteiger partial charge < -0.3 is 5.32 Å². The van der Waals surface area contributed by atoms with E-state index in [1.807, 2.05) is 6.07 Å². The summed E-state index contributed by atoms with van der Waals surface area (Å²) < 4.78 is 29.1. The maximum absolute atomic E-state index is 14.6. The van der Waals surface area contributed by atoms with Crippen molar-refractivity contribution in [2.24, 2.45) is 0 Å². The van der Waals surface area contributed by atoms with E-state index in [0.717, 1.165) is 28.5 Å². The number of fused-ring (bicyclic) bond motifs is 1. The average molecular weight is 472 g/mol. The van der Waals surface area contributed by atoms with E-state index in [4.69, 9.17) is 11.6 Å². The van der Waals surface area contributed by atoms with Crippen molar-refractivity contribution in [2.45, 2.75) is 17.3 Å². The number of nitrogens with zero attached hydrogens (tertiary/aromatic N) is 2. The highest BCUT2D eigenvalue weighted by Crippen LogP contribution is 2.28. The standard InChI is InChI=1S/C23H16ClF2N3O2S/c1-13(21(30)27-16-5-3-2-4-6-16)32-23-28-19-9-7-14(24)11-17(19)22(31)29(23)20-10-8-15(25)12-18(20)26/h2-13H,1H3,(H,27,30). The molecule has 1 amide bonds. The minimum Gasteiger partial charge on any atom is -0.325 e. The summed E-state index contributed by atoms with van der Waals surface area (Å²) in [5.41, 5.74) is 0.203. The lowest BCUT2D eigenvalue weighted by Gasteiger charge is -2.17. The molecule has 32 heavy (non-hydrogen) atoms. The third-order valence-corrected chi connectivity index (χ3v) is 5.93. The van der Waals surface area contributed by atoms with Crippen LogP contribution in [0.5, 0.6) is 0 Å². The Balaban J connectivity index is 1.79. The maximum Gasteiger partial charge on any atom is 0.266 e. The molecule has 0 saturated heterocycles. The highest BCUT2D eigenvalue weighted by Gasteiger charge is 2.22. The molecule has 0 saturated carbocycles. The molecule has 1 unspecified atom stereocenters. The molecule has 0 aliphatic rings. The van der Waals surface area contributed by atoms with Crippen LogP contribution < -0.4 is 10.9 Å². The average Bonchev–Trinajstić information content (AvgIpc) is 2.76. The molecule has 1 heterocycles. The molecule has 1 N–H and O–H groups in total. The number of para-hydroxylation sites is 1. The van der Waals surface area contributed by atoms with Gasteiger partial charge in [0.25, 0.3) is 5.56 Å². The molecule has 3 aromatic carbocycles. The van der Waals surface area contributed by atoms with Crippen LogP contribution in [0.1, 0.15) is 6.92 Å². The number of nitrogens with one attached hydrogen (secondary N) is 1. The van der Waals surface area contributed by atoms with Gasteiger partial charge in [0, 0.05) is 16.8 Å². The zero-order valence-electron chi connectivity index (χ0n) is 16.7. The van der Waals surface area contributed by atoms with Gasteiger partial charge in [-0.2, -0.15) is 0 Å². The second-order valence-corrected chi connectivity index (χ2v) is 8.65. The molecular weight excluding hydrogens is 456 g/mol. The van der Waals surface area contributed by atoms with Gasteiger partial charge in [-0.25, -0.2) is 13.8 Å². The fourth-order valence-corrected chi connectivity index (χ4v) is 4.16. The Hall–Kier alpha value is -3.23. The van der Waals surface area contributed by atoms with Crippen molar-refractivity contribution in [3.63, 3.8) is 0 Å². The smallest absolute Gasteiger partial charge is 0.266 e. The summed E-state index contributed by atoms with van der Waals surface area (Å²) in [6.07, 6.45) is 0. The van der Waals surface area contributed by atoms with Crippen LogP contribution in [0.4, 0.5) is 14.5 Å². The van der Waals surface area contributed by atoms with Gasteiger partial charge in [-0.3, -0.25) is 14.2 Å². The Bertz CT molecular complexity index is 1380. The van der Waals surface area contributed by atoms with Crippen molar-refractivity contribution < 1.29 is 13.6 Å². The lowest BCUT2D eigenvalue weighted by atomic mass is 10.2. The van der Waals surface area contributed by atoms with Gasteiger partial charge >= 0.3 is 0 Å². The largest absolute Gasteiger partial charge is 0.325 e. The Labute approximate surface area is 191 Å². The van der Waals surface area contributed by atoms with Gasteiger partial charge in [0.1, 0.15) is 11.6 Å². The van der Waals surface area contributed by atoms with Crippen LogP contribution in [0.25, 0.3) is 16.6 Å². The number of aromatic nitrogens is 2. The number of carbonyl (C=O) groups is 1. The monoisotopic (exact) mass is 471 g/mol. The molecule has 5 nitrogen and oxygen atoms in total. The summed E-state index contributed by atoms with van der Waals surface area (Å²) in [4.78, 5) is 30.4. The van der Waals surface area contributed by atoms with Crippen molar-refractivity contribution in [1.29, 1.82) is 0 Å². The lowest BCUT2D eigenvalue weighted by molar-refractivity contribution is -0.115. The van der Waals surface area contributed by atoms with E-state index >= 15 is 0 Å². The summed E-state index contributed by atoms with van der Waals surface area (Å²) in [6, 6.07) is 16.4. The number of benzene rings is 3. The van der Waals surface area contributed by atoms with E-state index in [-0.39, 0.29) is 22.1 Å². The summed E-state index contributed by atoms with van der Waals surface area (Å²) in [5, 5.41) is 2.68. The molecule has 1 aromatic heterocycles. The number of thioether (sulfide) groups is 1. The summed E-state index contributed by atoms with van der Waals surface area (Å²) in [7, 11) is 0. The quantitative estimate of drug-likeness (QED) is 0.311. The van der Waals surface area contributed by atoms with Crippen molar-refractivity contribution in [2.75, 3.05) is 5.32 Å². The number of hydrogen-bond acceptors (Lipinski definition) is 4. The van der Waals surface area contributed by atoms with Gasteiger partial charge in [-0.05, 0) is 49.4 Å². The normalized spacial score (nSPS) is 12.0. The van der Waals surface area contributed by atoms with E-state index in [0.29, 0.717) is 22.3 Å². The first-order valence-electron chi connectivity index (χ1n) is 9.54. The molecule has 0 bridgehead atoms. The number of carbonyl (C=O) groups excluding carboxylic acids is 1. The Kier molecular flexibility index (Phi) is 6.25. The van der Waals surface area contributed by atoms with Crippen molar-refractivity contribution in [1.82, 2.24) is 9.55 Å². The Morgan fingerprint density at radius 3 is 2.56 bits per heavy atom. The fourth-order valence-electron chi connectivity index (χ4n) is 3.07. The third-order valence-electron chi connectivity index (χ3n) is 4.64. The van der Waals surface area contributed by atoms with E-state index in [1.165, 1.54) is 6.07 Å². The van der Waals surface area contributed by atoms with E-state index in [2.05, 4.69) is 10.3 Å². The van der Waals surface area contributed by atoms with Crippen molar-refractivity contribution in [3.05, 3.63) is 93.7 Å². The van der Waals surface area contributed by atoms with Gasteiger partial charge in [0.05, 0.1) is 21.8 Å². The second kappa shape index (κ2) is 9.10. The molecule has 0 spiro atoms. The molecule has 0 aliphatic carbocycles. The number of hydrogen-bond donors (Lipinski definition) is 1. The molecule has 162 valence electrons. The van der Waals surface area contributed by atoms with E-state index < -0.39 is 22.4 Å². The maximum atomic E-state index is 14.6. The topological polar surface area (TPSA) is 64.0 Å². The molecule has 9 heteroatoms. The molecule has 4 aromatic rings. The van der Waals surface area contributed by atoms with Gasteiger partial charge in [0.15, 0.2) is 5.16 Å². The number of amides is 1. The summed E-state index contributed by atoms with van der Waals surface area (Å²) >= 11 is 7.01. The van der Waals surface area contributed by atoms with E-state index in [9.17, 15) is 18.4 Å². The molecular formula is C23H16ClF2N3O2S. The molecule has 4 rings (SSSR count). The zero-order valence-corrected chi connectivity index (χ0v) is 18.3. The highest BCUT2D eigenvalue weighted by molar-refractivity contribution is 8.00. The van der Waals surface area contributed by atoms with Crippen LogP contribution in [0.2, 0.25) is 5.02 Å². The summed E-state index contributed by atoms with van der Waals surface area (Å²) in [6.45, 7) is 1.65. The zero-order chi connectivity index (χ0) is 22.8. The first-order chi connectivity index (χ1) is 15.3. The third kappa shape index (κ3) is 4.51. The van der Waals surface area contributed by atoms with Crippen LogP contribution in [-0.2, 0) is 4.79 Å². The Morgan fingerprint density at radius 1 is 1.09 bits per heavy atom. The molecule has 0 radical (unpaired) electrons. The minimum absolute atomic E-state index is 0.0889. The number of halogens is 3. The van der Waals surface area contributed by atoms with Crippen molar-refractivity contribution >= 4 is 45.9 Å². The van der Waals surface area contributed by atoms with Crippen LogP contribution in [0.15, 0.2) is 76.7 Å². The predicted octanol–water partition coefficient (Wildman–Crippen LogP) is 5.44. The Morgan fingerprint density at radius 2 is 1.84 bits per heavy atom. The van der Waals surface area contributed by atoms with Crippen LogP contribution in [0, 0.1) is 11.6 Å². The molecule has 0 aliphatic heterocycles. The summed E-state index contributed by atoms with van der Waals surface area (Å²) in [5.74, 6) is -2.03. The molecule has 0 fully saturated rings. The van der Waals surface area contributed by atoms with Crippen LogP contribution >= 0.6 is 23.4 Å².